The summed E-state index contributed by atoms with van der Waals surface area (Å²) in [5.41, 5.74) is 3.11. The van der Waals surface area contributed by atoms with Gasteiger partial charge in [-0.2, -0.15) is 0 Å². The first kappa shape index (κ1) is 21.0. The van der Waals surface area contributed by atoms with Crippen molar-refractivity contribution < 1.29 is 23.7 Å². The van der Waals surface area contributed by atoms with Crippen LogP contribution in [0.5, 0.6) is 11.5 Å². The zero-order valence-electron chi connectivity index (χ0n) is 16.4. The van der Waals surface area contributed by atoms with Gasteiger partial charge in [0.05, 0.1) is 7.11 Å². The van der Waals surface area contributed by atoms with Gasteiger partial charge in [-0.3, -0.25) is 0 Å². The van der Waals surface area contributed by atoms with Crippen LogP contribution >= 0.6 is 0 Å². The first-order valence-corrected chi connectivity index (χ1v) is 9.02. The predicted molar refractivity (Wildman–Crippen MR) is 107 cm³/mol. The van der Waals surface area contributed by atoms with Crippen molar-refractivity contribution in [1.29, 1.82) is 0 Å². The maximum atomic E-state index is 5.63. The SMILES string of the molecule is CCOC(OCC)c1ccc(/C=C/c2ccc(OCOC)c(OC)c2)cc1. The van der Waals surface area contributed by atoms with E-state index in [9.17, 15) is 0 Å². The van der Waals surface area contributed by atoms with E-state index in [0.717, 1.165) is 16.7 Å². The minimum atomic E-state index is -0.318. The van der Waals surface area contributed by atoms with Gasteiger partial charge in [0.1, 0.15) is 0 Å². The molecule has 0 heterocycles. The highest BCUT2D eigenvalue weighted by molar-refractivity contribution is 5.71. The molecule has 0 unspecified atom stereocenters. The van der Waals surface area contributed by atoms with Crippen LogP contribution in [0.1, 0.15) is 36.8 Å². The van der Waals surface area contributed by atoms with E-state index in [2.05, 4.69) is 0 Å². The van der Waals surface area contributed by atoms with Crippen LogP contribution < -0.4 is 9.47 Å². The quantitative estimate of drug-likeness (QED) is 0.414. The van der Waals surface area contributed by atoms with Crippen LogP contribution in [-0.4, -0.2) is 34.2 Å². The van der Waals surface area contributed by atoms with Gasteiger partial charge < -0.3 is 23.7 Å². The molecular weight excluding hydrogens is 344 g/mol. The Labute approximate surface area is 161 Å². The topological polar surface area (TPSA) is 46.2 Å². The molecule has 0 amide bonds. The van der Waals surface area contributed by atoms with E-state index in [-0.39, 0.29) is 13.1 Å². The van der Waals surface area contributed by atoms with E-state index in [1.165, 1.54) is 0 Å². The Morgan fingerprint density at radius 3 is 2.04 bits per heavy atom. The van der Waals surface area contributed by atoms with E-state index < -0.39 is 0 Å². The van der Waals surface area contributed by atoms with Gasteiger partial charge in [0.15, 0.2) is 24.6 Å². The fraction of sp³-hybridized carbons (Fsp3) is 0.364. The Balaban J connectivity index is 2.08. The summed E-state index contributed by atoms with van der Waals surface area (Å²) in [6, 6.07) is 13.9. The van der Waals surface area contributed by atoms with Crippen LogP contribution in [0, 0.1) is 0 Å². The zero-order chi connectivity index (χ0) is 19.5. The Hall–Kier alpha value is -2.34. The van der Waals surface area contributed by atoms with E-state index in [1.807, 2.05) is 68.5 Å². The molecule has 5 nitrogen and oxygen atoms in total. The number of rotatable bonds is 11. The number of benzene rings is 2. The molecule has 0 aliphatic rings. The Kier molecular flexibility index (Phi) is 8.84. The van der Waals surface area contributed by atoms with E-state index in [1.54, 1.807) is 14.2 Å². The highest BCUT2D eigenvalue weighted by Gasteiger charge is 2.10. The van der Waals surface area contributed by atoms with E-state index in [0.29, 0.717) is 24.7 Å². The Morgan fingerprint density at radius 1 is 0.815 bits per heavy atom. The third kappa shape index (κ3) is 6.40. The molecule has 2 rings (SSSR count). The molecule has 0 fully saturated rings. The van der Waals surface area contributed by atoms with Crippen molar-refractivity contribution in [3.05, 3.63) is 59.2 Å². The second-order valence-corrected chi connectivity index (χ2v) is 5.70. The van der Waals surface area contributed by atoms with Crippen LogP contribution in [0.15, 0.2) is 42.5 Å². The molecule has 27 heavy (non-hydrogen) atoms. The molecule has 2 aromatic rings. The predicted octanol–water partition coefficient (Wildman–Crippen LogP) is 4.92. The summed E-state index contributed by atoms with van der Waals surface area (Å²) in [6.45, 7) is 5.32. The molecule has 0 atom stereocenters. The monoisotopic (exact) mass is 372 g/mol. The molecule has 5 heteroatoms. The van der Waals surface area contributed by atoms with E-state index in [4.69, 9.17) is 23.7 Å². The minimum absolute atomic E-state index is 0.183. The van der Waals surface area contributed by atoms with Crippen LogP contribution in [0.2, 0.25) is 0 Å². The van der Waals surface area contributed by atoms with Crippen molar-refractivity contribution in [2.24, 2.45) is 0 Å². The average Bonchev–Trinajstić information content (AvgIpc) is 2.71. The first-order chi connectivity index (χ1) is 13.2. The molecule has 0 aromatic heterocycles. The smallest absolute Gasteiger partial charge is 0.188 e. The van der Waals surface area contributed by atoms with Crippen LogP contribution in [0.3, 0.4) is 0 Å². The molecule has 0 saturated carbocycles. The largest absolute Gasteiger partial charge is 0.493 e. The molecule has 0 spiro atoms. The highest BCUT2D eigenvalue weighted by Crippen LogP contribution is 2.29. The molecule has 0 aliphatic carbocycles. The molecule has 146 valence electrons. The Morgan fingerprint density at radius 2 is 1.44 bits per heavy atom. The van der Waals surface area contributed by atoms with Gasteiger partial charge in [0.25, 0.3) is 0 Å². The summed E-state index contributed by atoms with van der Waals surface area (Å²) in [5, 5.41) is 0. The van der Waals surface area contributed by atoms with Gasteiger partial charge in [0.2, 0.25) is 0 Å². The third-order valence-corrected chi connectivity index (χ3v) is 3.83. The first-order valence-electron chi connectivity index (χ1n) is 9.02. The molecule has 0 bridgehead atoms. The van der Waals surface area contributed by atoms with Crippen molar-refractivity contribution in [1.82, 2.24) is 0 Å². The fourth-order valence-electron chi connectivity index (χ4n) is 2.53. The number of ether oxygens (including phenoxy) is 5. The van der Waals surface area contributed by atoms with Crippen molar-refractivity contribution >= 4 is 12.2 Å². The summed E-state index contributed by atoms with van der Waals surface area (Å²) < 4.78 is 27.0. The third-order valence-electron chi connectivity index (χ3n) is 3.83. The summed E-state index contributed by atoms with van der Waals surface area (Å²) >= 11 is 0. The summed E-state index contributed by atoms with van der Waals surface area (Å²) in [4.78, 5) is 0. The van der Waals surface area contributed by atoms with Crippen molar-refractivity contribution in [2.75, 3.05) is 34.2 Å². The second kappa shape index (κ2) is 11.4. The van der Waals surface area contributed by atoms with Crippen LogP contribution in [0.4, 0.5) is 0 Å². The maximum Gasteiger partial charge on any atom is 0.188 e. The van der Waals surface area contributed by atoms with Gasteiger partial charge in [0, 0.05) is 25.9 Å². The average molecular weight is 372 g/mol. The maximum absolute atomic E-state index is 5.63. The summed E-state index contributed by atoms with van der Waals surface area (Å²) in [7, 11) is 3.20. The lowest BCUT2D eigenvalue weighted by molar-refractivity contribution is -0.140. The fourth-order valence-corrected chi connectivity index (χ4v) is 2.53. The van der Waals surface area contributed by atoms with E-state index >= 15 is 0 Å². The lowest BCUT2D eigenvalue weighted by Crippen LogP contribution is -2.08. The Bertz CT molecular complexity index is 703. The van der Waals surface area contributed by atoms with Gasteiger partial charge in [-0.05, 0) is 37.1 Å². The van der Waals surface area contributed by atoms with Gasteiger partial charge >= 0.3 is 0 Å². The minimum Gasteiger partial charge on any atom is -0.493 e. The zero-order valence-corrected chi connectivity index (χ0v) is 16.4. The summed E-state index contributed by atoms with van der Waals surface area (Å²) in [5.74, 6) is 1.32. The van der Waals surface area contributed by atoms with Crippen molar-refractivity contribution in [3.63, 3.8) is 0 Å². The molecule has 0 saturated heterocycles. The lowest BCUT2D eigenvalue weighted by atomic mass is 10.1. The standard InChI is InChI=1S/C22H28O5/c1-5-25-22(26-6-2)19-12-9-17(10-13-19)7-8-18-11-14-20(27-16-23-3)21(15-18)24-4/h7-15,22H,5-6,16H2,1-4H3/b8-7+. The normalized spacial score (nSPS) is 11.3. The van der Waals surface area contributed by atoms with Gasteiger partial charge in [-0.25, -0.2) is 0 Å². The molecule has 0 N–H and O–H groups in total. The number of methoxy groups -OCH3 is 2. The van der Waals surface area contributed by atoms with Gasteiger partial charge in [-0.15, -0.1) is 0 Å². The summed E-state index contributed by atoms with van der Waals surface area (Å²) in [6.07, 6.45) is 3.76. The van der Waals surface area contributed by atoms with Crippen LogP contribution in [-0.2, 0) is 14.2 Å². The van der Waals surface area contributed by atoms with Gasteiger partial charge in [-0.1, -0.05) is 42.5 Å². The van der Waals surface area contributed by atoms with Crippen molar-refractivity contribution in [2.45, 2.75) is 20.1 Å². The van der Waals surface area contributed by atoms with Crippen molar-refractivity contribution in [3.8, 4) is 11.5 Å². The number of hydrogen-bond acceptors (Lipinski definition) is 5. The highest BCUT2D eigenvalue weighted by atomic mass is 16.7. The molecular formula is C22H28O5. The molecule has 2 aromatic carbocycles. The second-order valence-electron chi connectivity index (χ2n) is 5.70. The molecule has 0 aliphatic heterocycles. The lowest BCUT2D eigenvalue weighted by Gasteiger charge is -2.17. The van der Waals surface area contributed by atoms with Crippen LogP contribution in [0.25, 0.3) is 12.2 Å². The number of hydrogen-bond donors (Lipinski definition) is 0. The molecule has 0 radical (unpaired) electrons.